The number of benzene rings is 1. The topological polar surface area (TPSA) is 48.1 Å². The van der Waals surface area contributed by atoms with Crippen LogP contribution >= 0.6 is 11.6 Å². The molecule has 0 spiro atoms. The smallest absolute Gasteiger partial charge is 0.183 e. The Balaban J connectivity index is 2.13. The number of nitrogen functional groups attached to an aromatic ring is 1. The van der Waals surface area contributed by atoms with Gasteiger partial charge in [-0.2, -0.15) is 0 Å². The summed E-state index contributed by atoms with van der Waals surface area (Å²) in [4.78, 5) is 3.91. The lowest BCUT2D eigenvalue weighted by Crippen LogP contribution is -2.02. The van der Waals surface area contributed by atoms with Crippen molar-refractivity contribution in [2.24, 2.45) is 0 Å². The minimum absolute atomic E-state index is 0.0293. The number of nitrogens with two attached hydrogens (primary N) is 1. The van der Waals surface area contributed by atoms with E-state index >= 15 is 0 Å². The first-order valence-corrected chi connectivity index (χ1v) is 5.32. The number of hydrogen-bond acceptors (Lipinski definition) is 3. The number of hydrogen-bond donors (Lipinski definition) is 1. The molecule has 0 aliphatic rings. The third kappa shape index (κ3) is 2.65. The number of halogens is 2. The van der Waals surface area contributed by atoms with Crippen LogP contribution in [0.15, 0.2) is 36.5 Å². The van der Waals surface area contributed by atoms with Gasteiger partial charge in [-0.3, -0.25) is 0 Å². The Morgan fingerprint density at radius 3 is 2.88 bits per heavy atom. The predicted molar refractivity (Wildman–Crippen MR) is 64.4 cm³/mol. The number of rotatable bonds is 3. The van der Waals surface area contributed by atoms with Gasteiger partial charge in [0.1, 0.15) is 12.4 Å². The maximum atomic E-state index is 13.5. The van der Waals surface area contributed by atoms with Gasteiger partial charge in [0.15, 0.2) is 11.6 Å². The second-order valence-electron chi connectivity index (χ2n) is 3.39. The third-order valence-corrected chi connectivity index (χ3v) is 2.52. The standard InChI is InChI=1S/C12H10ClFN2O/c13-9-4-1-5-10(11(9)14)17-7-8-3-2-6-16-12(8)15/h1-6H,7H2,(H2,15,16). The van der Waals surface area contributed by atoms with Crippen molar-refractivity contribution in [3.8, 4) is 5.75 Å². The molecule has 0 saturated heterocycles. The highest BCUT2D eigenvalue weighted by atomic mass is 35.5. The van der Waals surface area contributed by atoms with Crippen molar-refractivity contribution in [3.05, 3.63) is 52.9 Å². The Hall–Kier alpha value is -1.81. The minimum atomic E-state index is -0.573. The fourth-order valence-corrected chi connectivity index (χ4v) is 1.49. The molecule has 1 heterocycles. The van der Waals surface area contributed by atoms with Gasteiger partial charge in [-0.25, -0.2) is 9.37 Å². The zero-order valence-electron chi connectivity index (χ0n) is 8.86. The van der Waals surface area contributed by atoms with E-state index in [1.807, 2.05) is 0 Å². The van der Waals surface area contributed by atoms with Crippen molar-refractivity contribution in [1.29, 1.82) is 0 Å². The predicted octanol–water partition coefficient (Wildman–Crippen LogP) is 3.04. The molecule has 0 unspecified atom stereocenters. The highest BCUT2D eigenvalue weighted by Gasteiger charge is 2.08. The largest absolute Gasteiger partial charge is 0.486 e. The zero-order chi connectivity index (χ0) is 12.3. The van der Waals surface area contributed by atoms with Crippen molar-refractivity contribution in [1.82, 2.24) is 4.98 Å². The van der Waals surface area contributed by atoms with E-state index in [0.717, 1.165) is 0 Å². The van der Waals surface area contributed by atoms with Crippen LogP contribution in [0.1, 0.15) is 5.56 Å². The molecule has 0 fully saturated rings. The van der Waals surface area contributed by atoms with Gasteiger partial charge in [-0.15, -0.1) is 0 Å². The van der Waals surface area contributed by atoms with Gasteiger partial charge in [-0.1, -0.05) is 23.7 Å². The molecule has 2 rings (SSSR count). The van der Waals surface area contributed by atoms with Crippen LogP contribution in [0, 0.1) is 5.82 Å². The monoisotopic (exact) mass is 252 g/mol. The molecule has 1 aromatic carbocycles. The van der Waals surface area contributed by atoms with Crippen molar-refractivity contribution in [2.75, 3.05) is 5.73 Å². The normalized spacial score (nSPS) is 10.2. The van der Waals surface area contributed by atoms with Gasteiger partial charge in [-0.05, 0) is 18.2 Å². The number of anilines is 1. The summed E-state index contributed by atoms with van der Waals surface area (Å²) in [6.45, 7) is 0.150. The maximum absolute atomic E-state index is 13.5. The van der Waals surface area contributed by atoms with Crippen LogP contribution in [0.5, 0.6) is 5.75 Å². The van der Waals surface area contributed by atoms with E-state index in [-0.39, 0.29) is 17.4 Å². The van der Waals surface area contributed by atoms with Crippen LogP contribution in [0.2, 0.25) is 5.02 Å². The number of ether oxygens (including phenoxy) is 1. The van der Waals surface area contributed by atoms with E-state index in [2.05, 4.69) is 4.98 Å². The average molecular weight is 253 g/mol. The molecule has 0 atom stereocenters. The summed E-state index contributed by atoms with van der Waals surface area (Å²) >= 11 is 5.63. The molecule has 3 nitrogen and oxygen atoms in total. The van der Waals surface area contributed by atoms with Crippen molar-refractivity contribution < 1.29 is 9.13 Å². The Bertz CT molecular complexity index is 534. The second-order valence-corrected chi connectivity index (χ2v) is 3.80. The van der Waals surface area contributed by atoms with E-state index in [4.69, 9.17) is 22.1 Å². The molecular weight excluding hydrogens is 243 g/mol. The number of aromatic nitrogens is 1. The van der Waals surface area contributed by atoms with E-state index in [0.29, 0.717) is 11.4 Å². The van der Waals surface area contributed by atoms with E-state index < -0.39 is 5.82 Å². The van der Waals surface area contributed by atoms with Crippen molar-refractivity contribution in [2.45, 2.75) is 6.61 Å². The molecule has 0 bridgehead atoms. The molecule has 0 saturated carbocycles. The fraction of sp³-hybridized carbons (Fsp3) is 0.0833. The summed E-state index contributed by atoms with van der Waals surface area (Å²) in [5, 5.41) is 0.0293. The summed E-state index contributed by atoms with van der Waals surface area (Å²) in [7, 11) is 0. The summed E-state index contributed by atoms with van der Waals surface area (Å²) in [5.41, 5.74) is 6.34. The Labute approximate surface area is 103 Å². The average Bonchev–Trinajstić information content (AvgIpc) is 2.33. The van der Waals surface area contributed by atoms with Gasteiger partial charge in [0.2, 0.25) is 0 Å². The van der Waals surface area contributed by atoms with Gasteiger partial charge < -0.3 is 10.5 Å². The van der Waals surface area contributed by atoms with Gasteiger partial charge in [0.05, 0.1) is 5.02 Å². The Kier molecular flexibility index (Phi) is 3.44. The molecule has 2 aromatic rings. The molecule has 0 aliphatic heterocycles. The van der Waals surface area contributed by atoms with Crippen molar-refractivity contribution >= 4 is 17.4 Å². The lowest BCUT2D eigenvalue weighted by atomic mass is 10.2. The molecule has 17 heavy (non-hydrogen) atoms. The first kappa shape index (κ1) is 11.7. The highest BCUT2D eigenvalue weighted by molar-refractivity contribution is 6.30. The molecule has 0 amide bonds. The van der Waals surface area contributed by atoms with Crippen LogP contribution in [-0.2, 0) is 6.61 Å². The molecule has 88 valence electrons. The summed E-state index contributed by atoms with van der Waals surface area (Å²) in [5.74, 6) is -0.104. The lowest BCUT2D eigenvalue weighted by molar-refractivity contribution is 0.290. The Morgan fingerprint density at radius 1 is 1.29 bits per heavy atom. The van der Waals surface area contributed by atoms with Crippen LogP contribution in [0.3, 0.4) is 0 Å². The highest BCUT2D eigenvalue weighted by Crippen LogP contribution is 2.25. The van der Waals surface area contributed by atoms with Crippen LogP contribution in [0.4, 0.5) is 10.2 Å². The lowest BCUT2D eigenvalue weighted by Gasteiger charge is -2.08. The van der Waals surface area contributed by atoms with E-state index in [1.165, 1.54) is 12.1 Å². The van der Waals surface area contributed by atoms with Crippen LogP contribution in [-0.4, -0.2) is 4.98 Å². The van der Waals surface area contributed by atoms with E-state index in [1.54, 1.807) is 24.4 Å². The van der Waals surface area contributed by atoms with Gasteiger partial charge in [0.25, 0.3) is 0 Å². The van der Waals surface area contributed by atoms with Crippen LogP contribution in [0.25, 0.3) is 0 Å². The Morgan fingerprint density at radius 2 is 2.12 bits per heavy atom. The second kappa shape index (κ2) is 5.01. The quantitative estimate of drug-likeness (QED) is 0.913. The third-order valence-electron chi connectivity index (χ3n) is 2.23. The zero-order valence-corrected chi connectivity index (χ0v) is 9.62. The SMILES string of the molecule is Nc1ncccc1COc1cccc(Cl)c1F. The van der Waals surface area contributed by atoms with Gasteiger partial charge in [0, 0.05) is 11.8 Å². The minimum Gasteiger partial charge on any atom is -0.486 e. The van der Waals surface area contributed by atoms with Crippen molar-refractivity contribution in [3.63, 3.8) is 0 Å². The summed E-state index contributed by atoms with van der Waals surface area (Å²) < 4.78 is 18.8. The van der Waals surface area contributed by atoms with E-state index in [9.17, 15) is 4.39 Å². The molecule has 0 radical (unpaired) electrons. The molecule has 5 heteroatoms. The summed E-state index contributed by atoms with van der Waals surface area (Å²) in [6, 6.07) is 8.09. The number of pyridine rings is 1. The first-order valence-electron chi connectivity index (χ1n) is 4.94. The molecule has 2 N–H and O–H groups in total. The molecule has 0 aliphatic carbocycles. The number of nitrogens with zero attached hydrogens (tertiary/aromatic N) is 1. The van der Waals surface area contributed by atoms with Gasteiger partial charge >= 0.3 is 0 Å². The van der Waals surface area contributed by atoms with Crippen LogP contribution < -0.4 is 10.5 Å². The molecular formula is C12H10ClFN2O. The first-order chi connectivity index (χ1) is 8.18. The summed E-state index contributed by atoms with van der Waals surface area (Å²) in [6.07, 6.45) is 1.58. The maximum Gasteiger partial charge on any atom is 0.183 e. The molecule has 1 aromatic heterocycles. The fourth-order valence-electron chi connectivity index (χ4n) is 1.32.